The highest BCUT2D eigenvalue weighted by atomic mass is 127. The van der Waals surface area contributed by atoms with Crippen molar-refractivity contribution in [3.05, 3.63) is 23.2 Å². The smallest absolute Gasteiger partial charge is 0.192 e. The summed E-state index contributed by atoms with van der Waals surface area (Å²) in [6, 6.07) is 4.54. The summed E-state index contributed by atoms with van der Waals surface area (Å²) in [4.78, 5) is 0. The van der Waals surface area contributed by atoms with Gasteiger partial charge in [-0.3, -0.25) is 0 Å². The highest BCUT2D eigenvalue weighted by Crippen LogP contribution is 2.28. The van der Waals surface area contributed by atoms with E-state index < -0.39 is 0 Å². The van der Waals surface area contributed by atoms with E-state index in [0.29, 0.717) is 10.8 Å². The lowest BCUT2D eigenvalue weighted by molar-refractivity contribution is 0.474. The summed E-state index contributed by atoms with van der Waals surface area (Å²) in [5.74, 6) is 0.697. The number of halogens is 2. The van der Waals surface area contributed by atoms with Crippen LogP contribution < -0.4 is 3.07 Å². The summed E-state index contributed by atoms with van der Waals surface area (Å²) >= 11 is 7.36. The largest absolute Gasteiger partial charge is 0.508 e. The maximum Gasteiger partial charge on any atom is 0.192 e. The molecule has 0 aliphatic rings. The third kappa shape index (κ3) is 1.67. The Hall–Kier alpha value is -0.160. The number of aromatic hydroxyl groups is 1. The fourth-order valence-electron chi connectivity index (χ4n) is 0.552. The van der Waals surface area contributed by atoms with Gasteiger partial charge in [-0.05, 0) is 12.1 Å². The topological polar surface area (TPSA) is 29.5 Å². The molecular formula is C6H4ClIO2. The molecule has 1 rings (SSSR count). The van der Waals surface area contributed by atoms with Crippen molar-refractivity contribution in [1.82, 2.24) is 0 Å². The van der Waals surface area contributed by atoms with Crippen LogP contribution in [0.25, 0.3) is 0 Å². The number of phenols is 1. The van der Waals surface area contributed by atoms with E-state index in [-0.39, 0.29) is 5.75 Å². The number of hydrogen-bond acceptors (Lipinski definition) is 2. The third-order valence-corrected chi connectivity index (χ3v) is 1.77. The lowest BCUT2D eigenvalue weighted by Crippen LogP contribution is -1.74. The molecule has 0 bridgehead atoms. The van der Waals surface area contributed by atoms with E-state index in [1.54, 1.807) is 29.1 Å². The van der Waals surface area contributed by atoms with Crippen LogP contribution in [0.4, 0.5) is 0 Å². The highest BCUT2D eigenvalue weighted by Gasteiger charge is 1.99. The van der Waals surface area contributed by atoms with Crippen LogP contribution in [0.1, 0.15) is 0 Å². The summed E-state index contributed by atoms with van der Waals surface area (Å²) < 4.78 is 4.83. The first-order valence-corrected chi connectivity index (χ1v) is 3.77. The first-order chi connectivity index (χ1) is 4.74. The first kappa shape index (κ1) is 7.94. The molecule has 0 amide bonds. The summed E-state index contributed by atoms with van der Waals surface area (Å²) in [6.07, 6.45) is 0. The number of benzene rings is 1. The molecule has 10 heavy (non-hydrogen) atoms. The normalized spacial score (nSPS) is 9.40. The lowest BCUT2D eigenvalue weighted by Gasteiger charge is -1.98. The van der Waals surface area contributed by atoms with Crippen LogP contribution in [0, 0.1) is 0 Å². The van der Waals surface area contributed by atoms with Crippen LogP contribution in [0.15, 0.2) is 18.2 Å². The fraction of sp³-hybridized carbons (Fsp3) is 0. The van der Waals surface area contributed by atoms with E-state index >= 15 is 0 Å². The SMILES string of the molecule is Oc1ccc(OI)c(Cl)c1. The van der Waals surface area contributed by atoms with E-state index in [1.807, 2.05) is 0 Å². The van der Waals surface area contributed by atoms with Gasteiger partial charge in [0, 0.05) is 6.07 Å². The molecule has 0 heterocycles. The lowest BCUT2D eigenvalue weighted by atomic mass is 10.3. The van der Waals surface area contributed by atoms with Gasteiger partial charge in [0.1, 0.15) is 5.75 Å². The summed E-state index contributed by atoms with van der Waals surface area (Å²) in [5.41, 5.74) is 0. The molecule has 0 atom stereocenters. The summed E-state index contributed by atoms with van der Waals surface area (Å²) in [6.45, 7) is 0. The maximum atomic E-state index is 8.89. The van der Waals surface area contributed by atoms with Gasteiger partial charge < -0.3 is 8.17 Å². The monoisotopic (exact) mass is 270 g/mol. The Labute approximate surface area is 77.5 Å². The minimum atomic E-state index is 0.141. The Bertz CT molecular complexity index is 239. The van der Waals surface area contributed by atoms with Crippen molar-refractivity contribution in [2.24, 2.45) is 0 Å². The van der Waals surface area contributed by atoms with Crippen molar-refractivity contribution >= 4 is 34.6 Å². The van der Waals surface area contributed by atoms with Gasteiger partial charge in [0.15, 0.2) is 28.8 Å². The van der Waals surface area contributed by atoms with Gasteiger partial charge in [-0.25, -0.2) is 0 Å². The van der Waals surface area contributed by atoms with Gasteiger partial charge >= 0.3 is 0 Å². The van der Waals surface area contributed by atoms with Crippen molar-refractivity contribution in [2.75, 3.05) is 0 Å². The second kappa shape index (κ2) is 3.30. The molecule has 0 aliphatic carbocycles. The van der Waals surface area contributed by atoms with Crippen LogP contribution in [0.5, 0.6) is 11.5 Å². The van der Waals surface area contributed by atoms with Crippen molar-refractivity contribution in [2.45, 2.75) is 0 Å². The van der Waals surface area contributed by atoms with Gasteiger partial charge in [0.2, 0.25) is 0 Å². The van der Waals surface area contributed by atoms with E-state index in [9.17, 15) is 0 Å². The van der Waals surface area contributed by atoms with Gasteiger partial charge in [-0.1, -0.05) is 11.6 Å². The average molecular weight is 270 g/mol. The van der Waals surface area contributed by atoms with Gasteiger partial charge in [0.05, 0.1) is 5.02 Å². The minimum Gasteiger partial charge on any atom is -0.508 e. The zero-order valence-electron chi connectivity index (χ0n) is 4.84. The fourth-order valence-corrected chi connectivity index (χ4v) is 1.28. The van der Waals surface area contributed by atoms with Crippen LogP contribution in [0.2, 0.25) is 5.02 Å². The predicted molar refractivity (Wildman–Crippen MR) is 47.8 cm³/mol. The number of phenolic OH excluding ortho intramolecular Hbond substituents is 1. The second-order valence-corrected chi connectivity index (χ2v) is 2.54. The van der Waals surface area contributed by atoms with Crippen molar-refractivity contribution < 1.29 is 8.17 Å². The maximum absolute atomic E-state index is 8.89. The number of hydrogen-bond donors (Lipinski definition) is 1. The molecular weight excluding hydrogens is 266 g/mol. The highest BCUT2D eigenvalue weighted by molar-refractivity contribution is 14.1. The molecule has 0 unspecified atom stereocenters. The minimum absolute atomic E-state index is 0.141. The molecule has 0 fully saturated rings. The molecule has 2 nitrogen and oxygen atoms in total. The Morgan fingerprint density at radius 2 is 2.20 bits per heavy atom. The molecule has 1 aromatic carbocycles. The van der Waals surface area contributed by atoms with Crippen molar-refractivity contribution in [1.29, 1.82) is 0 Å². The number of rotatable bonds is 1. The molecule has 0 radical (unpaired) electrons. The van der Waals surface area contributed by atoms with Crippen LogP contribution in [-0.2, 0) is 0 Å². The van der Waals surface area contributed by atoms with E-state index in [0.717, 1.165) is 0 Å². The predicted octanol–water partition coefficient (Wildman–Crippen LogP) is 2.77. The quantitative estimate of drug-likeness (QED) is 0.795. The zero-order valence-corrected chi connectivity index (χ0v) is 7.76. The molecule has 54 valence electrons. The average Bonchev–Trinajstić information content (AvgIpc) is 1.88. The summed E-state index contributed by atoms with van der Waals surface area (Å²) in [5, 5.41) is 9.30. The molecule has 0 saturated carbocycles. The first-order valence-electron chi connectivity index (χ1n) is 2.51. The van der Waals surface area contributed by atoms with Crippen LogP contribution >= 0.6 is 34.6 Å². The van der Waals surface area contributed by atoms with Crippen LogP contribution in [0.3, 0.4) is 0 Å². The zero-order chi connectivity index (χ0) is 7.56. The second-order valence-electron chi connectivity index (χ2n) is 1.69. The molecule has 0 aliphatic heterocycles. The molecule has 0 spiro atoms. The van der Waals surface area contributed by atoms with Gasteiger partial charge in [-0.15, -0.1) is 0 Å². The van der Waals surface area contributed by atoms with Gasteiger partial charge in [-0.2, -0.15) is 0 Å². The third-order valence-electron chi connectivity index (χ3n) is 0.999. The van der Waals surface area contributed by atoms with E-state index in [2.05, 4.69) is 0 Å². The Morgan fingerprint density at radius 3 is 2.70 bits per heavy atom. The van der Waals surface area contributed by atoms with Gasteiger partial charge in [0.25, 0.3) is 0 Å². The Kier molecular flexibility index (Phi) is 2.62. The molecule has 0 saturated heterocycles. The van der Waals surface area contributed by atoms with E-state index in [1.165, 1.54) is 12.1 Å². The Morgan fingerprint density at radius 1 is 1.50 bits per heavy atom. The molecule has 4 heteroatoms. The Balaban J connectivity index is 3.07. The molecule has 0 aromatic heterocycles. The van der Waals surface area contributed by atoms with Crippen molar-refractivity contribution in [3.8, 4) is 11.5 Å². The van der Waals surface area contributed by atoms with Crippen LogP contribution in [-0.4, -0.2) is 5.11 Å². The summed E-state index contributed by atoms with van der Waals surface area (Å²) in [7, 11) is 0. The standard InChI is InChI=1S/C6H4ClIO2/c7-5-3-4(9)1-2-6(5)10-8/h1-3,9H. The molecule has 1 aromatic rings. The van der Waals surface area contributed by atoms with Crippen molar-refractivity contribution in [3.63, 3.8) is 0 Å². The van der Waals surface area contributed by atoms with E-state index in [4.69, 9.17) is 19.8 Å². The molecule has 1 N–H and O–H groups in total.